The third kappa shape index (κ3) is 2.69. The van der Waals surface area contributed by atoms with Gasteiger partial charge in [0.15, 0.2) is 6.10 Å². The van der Waals surface area contributed by atoms with E-state index in [2.05, 4.69) is 4.74 Å². The van der Waals surface area contributed by atoms with Crippen LogP contribution in [0.3, 0.4) is 0 Å². The molecule has 1 unspecified atom stereocenters. The summed E-state index contributed by atoms with van der Waals surface area (Å²) < 4.78 is 4.37. The van der Waals surface area contributed by atoms with Crippen molar-refractivity contribution in [2.75, 3.05) is 7.11 Å². The third-order valence-electron chi connectivity index (χ3n) is 1.54. The lowest BCUT2D eigenvalue weighted by Crippen LogP contribution is -2.23. The molecule has 0 aliphatic carbocycles. The first kappa shape index (κ1) is 10.5. The first-order valence-electron chi connectivity index (χ1n) is 3.63. The molecule has 0 aromatic carbocycles. The summed E-state index contributed by atoms with van der Waals surface area (Å²) in [5.74, 6) is -0.635. The lowest BCUT2D eigenvalue weighted by Gasteiger charge is -2.06. The summed E-state index contributed by atoms with van der Waals surface area (Å²) in [6.45, 7) is 0. The predicted octanol–water partition coefficient (Wildman–Crippen LogP) is 1.48. The summed E-state index contributed by atoms with van der Waals surface area (Å²) in [7, 11) is 1.24. The van der Waals surface area contributed by atoms with Crippen LogP contribution in [0.5, 0.6) is 0 Å². The Labute approximate surface area is 84.9 Å². The number of carbonyl (C=O) groups is 1. The molecule has 1 N–H and O–H groups in total. The second kappa shape index (κ2) is 4.60. The molecule has 13 heavy (non-hydrogen) atoms. The van der Waals surface area contributed by atoms with Crippen LogP contribution >= 0.6 is 22.9 Å². The van der Waals surface area contributed by atoms with Gasteiger partial charge in [0, 0.05) is 11.3 Å². The highest BCUT2D eigenvalue weighted by atomic mass is 35.5. The predicted molar refractivity (Wildman–Crippen MR) is 51.1 cm³/mol. The van der Waals surface area contributed by atoms with Crippen LogP contribution in [0, 0.1) is 0 Å². The van der Waals surface area contributed by atoms with E-state index in [0.717, 1.165) is 4.88 Å². The molecule has 0 spiro atoms. The molecule has 3 nitrogen and oxygen atoms in total. The van der Waals surface area contributed by atoms with Crippen molar-refractivity contribution in [2.24, 2.45) is 0 Å². The van der Waals surface area contributed by atoms with Gasteiger partial charge < -0.3 is 9.84 Å². The second-order valence-electron chi connectivity index (χ2n) is 2.43. The molecule has 5 heteroatoms. The summed E-state index contributed by atoms with van der Waals surface area (Å²) >= 11 is 7.18. The van der Waals surface area contributed by atoms with E-state index >= 15 is 0 Å². The van der Waals surface area contributed by atoms with E-state index in [1.165, 1.54) is 18.4 Å². The van der Waals surface area contributed by atoms with Crippen LogP contribution in [0.15, 0.2) is 11.4 Å². The van der Waals surface area contributed by atoms with E-state index < -0.39 is 12.1 Å². The van der Waals surface area contributed by atoms with E-state index in [1.54, 1.807) is 6.07 Å². The first-order valence-corrected chi connectivity index (χ1v) is 4.88. The minimum absolute atomic E-state index is 0.211. The molecule has 0 aliphatic heterocycles. The smallest absolute Gasteiger partial charge is 0.335 e. The molecule has 0 bridgehead atoms. The van der Waals surface area contributed by atoms with Gasteiger partial charge in [-0.15, -0.1) is 11.3 Å². The van der Waals surface area contributed by atoms with Gasteiger partial charge in [0.25, 0.3) is 0 Å². The fourth-order valence-corrected chi connectivity index (χ4v) is 2.02. The SMILES string of the molecule is COC(=O)C(O)Cc1sccc1Cl. The molecule has 1 aromatic rings. The van der Waals surface area contributed by atoms with Gasteiger partial charge in [0.2, 0.25) is 0 Å². The van der Waals surface area contributed by atoms with E-state index in [4.69, 9.17) is 11.6 Å². The van der Waals surface area contributed by atoms with Gasteiger partial charge in [-0.05, 0) is 11.4 Å². The molecule has 72 valence electrons. The van der Waals surface area contributed by atoms with Gasteiger partial charge in [-0.2, -0.15) is 0 Å². The van der Waals surface area contributed by atoms with Crippen molar-refractivity contribution < 1.29 is 14.6 Å². The van der Waals surface area contributed by atoms with Crippen LogP contribution in [0.2, 0.25) is 5.02 Å². The number of ether oxygens (including phenoxy) is 1. The van der Waals surface area contributed by atoms with E-state index in [0.29, 0.717) is 5.02 Å². The van der Waals surface area contributed by atoms with Crippen molar-refractivity contribution in [1.82, 2.24) is 0 Å². The number of carbonyl (C=O) groups excluding carboxylic acids is 1. The quantitative estimate of drug-likeness (QED) is 0.785. The molecule has 0 saturated carbocycles. The maximum atomic E-state index is 10.8. The van der Waals surface area contributed by atoms with Crippen molar-refractivity contribution >= 4 is 28.9 Å². The average molecular weight is 221 g/mol. The number of methoxy groups -OCH3 is 1. The zero-order valence-corrected chi connectivity index (χ0v) is 8.56. The van der Waals surface area contributed by atoms with Gasteiger partial charge in [-0.25, -0.2) is 4.79 Å². The Bertz CT molecular complexity index is 297. The Morgan fingerprint density at radius 3 is 3.00 bits per heavy atom. The highest BCUT2D eigenvalue weighted by Crippen LogP contribution is 2.23. The topological polar surface area (TPSA) is 46.5 Å². The normalized spacial score (nSPS) is 12.5. The fraction of sp³-hybridized carbons (Fsp3) is 0.375. The Morgan fingerprint density at radius 1 is 1.85 bits per heavy atom. The van der Waals surface area contributed by atoms with Crippen molar-refractivity contribution in [3.63, 3.8) is 0 Å². The lowest BCUT2D eigenvalue weighted by molar-refractivity contribution is -0.150. The van der Waals surface area contributed by atoms with Gasteiger partial charge in [0.1, 0.15) is 0 Å². The molecule has 1 rings (SSSR count). The van der Waals surface area contributed by atoms with E-state index in [-0.39, 0.29) is 6.42 Å². The summed E-state index contributed by atoms with van der Waals surface area (Å²) in [6, 6.07) is 1.73. The number of esters is 1. The zero-order valence-electron chi connectivity index (χ0n) is 6.99. The maximum absolute atomic E-state index is 10.8. The Morgan fingerprint density at radius 2 is 2.54 bits per heavy atom. The summed E-state index contributed by atoms with van der Waals surface area (Å²) in [6.07, 6.45) is -0.912. The van der Waals surface area contributed by atoms with Gasteiger partial charge in [0.05, 0.1) is 12.1 Å². The monoisotopic (exact) mass is 220 g/mol. The van der Waals surface area contributed by atoms with Gasteiger partial charge in [-0.3, -0.25) is 0 Å². The van der Waals surface area contributed by atoms with Crippen LogP contribution < -0.4 is 0 Å². The van der Waals surface area contributed by atoms with E-state index in [9.17, 15) is 9.90 Å². The van der Waals surface area contributed by atoms with Crippen molar-refractivity contribution in [3.8, 4) is 0 Å². The lowest BCUT2D eigenvalue weighted by atomic mass is 10.2. The summed E-state index contributed by atoms with van der Waals surface area (Å²) in [5, 5.41) is 11.7. The number of hydrogen-bond acceptors (Lipinski definition) is 4. The number of thiophene rings is 1. The number of halogens is 1. The average Bonchev–Trinajstić information content (AvgIpc) is 2.50. The maximum Gasteiger partial charge on any atom is 0.335 e. The number of hydrogen-bond donors (Lipinski definition) is 1. The van der Waals surface area contributed by atoms with Crippen LogP contribution in [0.25, 0.3) is 0 Å². The highest BCUT2D eigenvalue weighted by Gasteiger charge is 2.17. The third-order valence-corrected chi connectivity index (χ3v) is 2.95. The molecule has 1 heterocycles. The molecule has 0 amide bonds. The standard InChI is InChI=1S/C8H9ClO3S/c1-12-8(11)6(10)4-7-5(9)2-3-13-7/h2-3,6,10H,4H2,1H3. The molecule has 0 saturated heterocycles. The summed E-state index contributed by atoms with van der Waals surface area (Å²) in [4.78, 5) is 11.6. The Kier molecular flexibility index (Phi) is 3.71. The van der Waals surface area contributed by atoms with Crippen molar-refractivity contribution in [3.05, 3.63) is 21.3 Å². The van der Waals surface area contributed by atoms with E-state index in [1.807, 2.05) is 5.38 Å². The largest absolute Gasteiger partial charge is 0.467 e. The van der Waals surface area contributed by atoms with Gasteiger partial charge >= 0.3 is 5.97 Å². The molecule has 1 aromatic heterocycles. The molecule has 0 aliphatic rings. The van der Waals surface area contributed by atoms with Crippen LogP contribution in [-0.4, -0.2) is 24.3 Å². The van der Waals surface area contributed by atoms with Crippen LogP contribution in [0.1, 0.15) is 4.88 Å². The number of aliphatic hydroxyl groups excluding tert-OH is 1. The molecule has 0 radical (unpaired) electrons. The number of rotatable bonds is 3. The van der Waals surface area contributed by atoms with Crippen LogP contribution in [0.4, 0.5) is 0 Å². The number of aliphatic hydroxyl groups is 1. The minimum atomic E-state index is -1.12. The van der Waals surface area contributed by atoms with Crippen molar-refractivity contribution in [2.45, 2.75) is 12.5 Å². The molecule has 1 atom stereocenters. The van der Waals surface area contributed by atoms with Gasteiger partial charge in [-0.1, -0.05) is 11.6 Å². The summed E-state index contributed by atoms with van der Waals surface area (Å²) in [5.41, 5.74) is 0. The first-order chi connectivity index (χ1) is 6.15. The fourth-order valence-electron chi connectivity index (χ4n) is 0.866. The Hall–Kier alpha value is -0.580. The minimum Gasteiger partial charge on any atom is -0.467 e. The molecule has 0 fully saturated rings. The molecular formula is C8H9ClO3S. The van der Waals surface area contributed by atoms with Crippen molar-refractivity contribution in [1.29, 1.82) is 0 Å². The Balaban J connectivity index is 2.59. The highest BCUT2D eigenvalue weighted by molar-refractivity contribution is 7.10. The molecular weight excluding hydrogens is 212 g/mol. The zero-order chi connectivity index (χ0) is 9.84. The second-order valence-corrected chi connectivity index (χ2v) is 3.84. The van der Waals surface area contributed by atoms with Crippen LogP contribution in [-0.2, 0) is 16.0 Å².